The molecule has 138 valence electrons. The Kier molecular flexibility index (Phi) is 5.40. The zero-order valence-corrected chi connectivity index (χ0v) is 15.3. The number of rotatable bonds is 5. The van der Waals surface area contributed by atoms with Crippen molar-refractivity contribution in [2.75, 3.05) is 25.6 Å². The molecule has 2 aromatic rings. The quantitative estimate of drug-likeness (QED) is 0.614. The lowest BCUT2D eigenvalue weighted by Crippen LogP contribution is -2.44. The van der Waals surface area contributed by atoms with Crippen LogP contribution in [0.4, 0.5) is 5.69 Å². The van der Waals surface area contributed by atoms with Crippen molar-refractivity contribution in [3.05, 3.63) is 42.2 Å². The minimum absolute atomic E-state index is 0.00793. The normalized spacial score (nSPS) is 17.5. The maximum atomic E-state index is 12.4. The largest absolute Gasteiger partial charge is 0.497 e. The van der Waals surface area contributed by atoms with Gasteiger partial charge >= 0.3 is 0 Å². The number of amides is 1. The number of benzene rings is 1. The Labute approximate surface area is 152 Å². The van der Waals surface area contributed by atoms with Gasteiger partial charge in [0.05, 0.1) is 25.4 Å². The summed E-state index contributed by atoms with van der Waals surface area (Å²) in [7, 11) is 5.23. The van der Waals surface area contributed by atoms with E-state index >= 15 is 0 Å². The Bertz CT molecular complexity index is 800. The number of ether oxygens (including phenoxy) is 1. The first-order chi connectivity index (χ1) is 12.6. The number of carbonyl (C=O) groups excluding carboxylic acids is 1. The third-order valence-corrected chi connectivity index (χ3v) is 4.41. The van der Waals surface area contributed by atoms with Crippen LogP contribution in [-0.4, -0.2) is 48.4 Å². The van der Waals surface area contributed by atoms with Gasteiger partial charge in [-0.25, -0.2) is 0 Å². The fourth-order valence-electron chi connectivity index (χ4n) is 2.97. The van der Waals surface area contributed by atoms with Crippen LogP contribution < -0.4 is 20.3 Å². The van der Waals surface area contributed by atoms with Crippen LogP contribution in [0, 0.1) is 0 Å². The monoisotopic (exact) mass is 356 g/mol. The molecule has 0 bridgehead atoms. The molecule has 1 aliphatic heterocycles. The molecule has 26 heavy (non-hydrogen) atoms. The second kappa shape index (κ2) is 7.90. The highest BCUT2D eigenvalue weighted by Gasteiger charge is 2.31. The van der Waals surface area contributed by atoms with Crippen LogP contribution in [0.3, 0.4) is 0 Å². The first-order valence-corrected chi connectivity index (χ1v) is 8.49. The molecule has 1 amide bonds. The van der Waals surface area contributed by atoms with Crippen molar-refractivity contribution in [3.63, 3.8) is 0 Å². The lowest BCUT2D eigenvalue weighted by Gasteiger charge is -2.19. The van der Waals surface area contributed by atoms with E-state index in [9.17, 15) is 4.79 Å². The van der Waals surface area contributed by atoms with Crippen molar-refractivity contribution in [2.24, 2.45) is 12.0 Å². The van der Waals surface area contributed by atoms with Gasteiger partial charge < -0.3 is 20.3 Å². The van der Waals surface area contributed by atoms with Gasteiger partial charge in [0.2, 0.25) is 5.91 Å². The Morgan fingerprint density at radius 1 is 1.42 bits per heavy atom. The number of nitrogens with zero attached hydrogens (tertiary/aromatic N) is 4. The lowest BCUT2D eigenvalue weighted by atomic mass is 10.2. The van der Waals surface area contributed by atoms with Gasteiger partial charge in [-0.05, 0) is 18.2 Å². The minimum Gasteiger partial charge on any atom is -0.497 e. The standard InChI is InChI=1S/C18H24N6O2/c1-19-18(20-11-15-7-8-21-23(15)2)22-13-9-17(25)24(12-13)14-5-4-6-16(10-14)26-3/h4-8,10,13H,9,11-12H2,1-3H3,(H2,19,20,22). The van der Waals surface area contributed by atoms with Crippen molar-refractivity contribution in [1.82, 2.24) is 20.4 Å². The maximum Gasteiger partial charge on any atom is 0.229 e. The number of carbonyl (C=O) groups is 1. The highest BCUT2D eigenvalue weighted by atomic mass is 16.5. The van der Waals surface area contributed by atoms with Crippen LogP contribution in [0.1, 0.15) is 12.1 Å². The number of aryl methyl sites for hydroxylation is 1. The summed E-state index contributed by atoms with van der Waals surface area (Å²) in [6.45, 7) is 1.19. The van der Waals surface area contributed by atoms with Gasteiger partial charge in [0, 0.05) is 45.0 Å². The third-order valence-electron chi connectivity index (χ3n) is 4.41. The van der Waals surface area contributed by atoms with E-state index in [-0.39, 0.29) is 11.9 Å². The lowest BCUT2D eigenvalue weighted by molar-refractivity contribution is -0.117. The minimum atomic E-state index is -0.00793. The van der Waals surface area contributed by atoms with Gasteiger partial charge in [0.1, 0.15) is 5.75 Å². The highest BCUT2D eigenvalue weighted by molar-refractivity contribution is 5.97. The van der Waals surface area contributed by atoms with E-state index in [2.05, 4.69) is 20.7 Å². The topological polar surface area (TPSA) is 83.8 Å². The molecule has 8 nitrogen and oxygen atoms in total. The van der Waals surface area contributed by atoms with E-state index in [0.29, 0.717) is 25.5 Å². The average molecular weight is 356 g/mol. The summed E-state index contributed by atoms with van der Waals surface area (Å²) >= 11 is 0. The van der Waals surface area contributed by atoms with E-state index in [0.717, 1.165) is 17.1 Å². The number of hydrogen-bond donors (Lipinski definition) is 2. The first-order valence-electron chi connectivity index (χ1n) is 8.49. The molecule has 1 unspecified atom stereocenters. The molecule has 1 fully saturated rings. The highest BCUT2D eigenvalue weighted by Crippen LogP contribution is 2.25. The van der Waals surface area contributed by atoms with Crippen molar-refractivity contribution in [3.8, 4) is 5.75 Å². The predicted octanol–water partition coefficient (Wildman–Crippen LogP) is 0.899. The number of nitrogens with one attached hydrogen (secondary N) is 2. The van der Waals surface area contributed by atoms with Gasteiger partial charge in [0.25, 0.3) is 0 Å². The summed E-state index contributed by atoms with van der Waals surface area (Å²) in [5.74, 6) is 1.48. The summed E-state index contributed by atoms with van der Waals surface area (Å²) in [6, 6.07) is 9.48. The number of aliphatic imine (C=N–C) groups is 1. The van der Waals surface area contributed by atoms with Crippen molar-refractivity contribution in [1.29, 1.82) is 0 Å². The SMILES string of the molecule is CN=C(NCc1ccnn1C)NC1CC(=O)N(c2cccc(OC)c2)C1. The van der Waals surface area contributed by atoms with Crippen LogP contribution in [0.15, 0.2) is 41.5 Å². The maximum absolute atomic E-state index is 12.4. The predicted molar refractivity (Wildman–Crippen MR) is 100 cm³/mol. The third kappa shape index (κ3) is 3.96. The summed E-state index contributed by atoms with van der Waals surface area (Å²) in [4.78, 5) is 18.4. The number of anilines is 1. The molecule has 2 N–H and O–H groups in total. The fourth-order valence-corrected chi connectivity index (χ4v) is 2.97. The molecule has 0 spiro atoms. The molecule has 1 atom stereocenters. The van der Waals surface area contributed by atoms with Crippen molar-refractivity contribution in [2.45, 2.75) is 19.0 Å². The van der Waals surface area contributed by atoms with Crippen LogP contribution >= 0.6 is 0 Å². The second-order valence-electron chi connectivity index (χ2n) is 6.12. The van der Waals surface area contributed by atoms with Crippen molar-refractivity contribution < 1.29 is 9.53 Å². The number of hydrogen-bond acceptors (Lipinski definition) is 4. The zero-order valence-electron chi connectivity index (χ0n) is 15.3. The number of methoxy groups -OCH3 is 1. The average Bonchev–Trinajstić information content (AvgIpc) is 3.23. The van der Waals surface area contributed by atoms with Gasteiger partial charge in [-0.1, -0.05) is 6.07 Å². The van der Waals surface area contributed by atoms with Gasteiger partial charge in [0.15, 0.2) is 5.96 Å². The molecule has 3 rings (SSSR count). The molecule has 1 saturated heterocycles. The van der Waals surface area contributed by atoms with Gasteiger partial charge in [-0.2, -0.15) is 5.10 Å². The van der Waals surface area contributed by atoms with E-state index < -0.39 is 0 Å². The van der Waals surface area contributed by atoms with Crippen LogP contribution in [-0.2, 0) is 18.4 Å². The molecule has 1 aromatic carbocycles. The first kappa shape index (κ1) is 17.8. The van der Waals surface area contributed by atoms with Gasteiger partial charge in [-0.15, -0.1) is 0 Å². The molecule has 8 heteroatoms. The molecule has 0 saturated carbocycles. The zero-order chi connectivity index (χ0) is 18.5. The van der Waals surface area contributed by atoms with Crippen LogP contribution in [0.2, 0.25) is 0 Å². The Balaban J connectivity index is 1.59. The molecular formula is C18H24N6O2. The Morgan fingerprint density at radius 3 is 2.96 bits per heavy atom. The van der Waals surface area contributed by atoms with Gasteiger partial charge in [-0.3, -0.25) is 14.5 Å². The number of guanidine groups is 1. The molecule has 2 heterocycles. The molecular weight excluding hydrogens is 332 g/mol. The van der Waals surface area contributed by atoms with Crippen LogP contribution in [0.5, 0.6) is 5.75 Å². The number of aromatic nitrogens is 2. The van der Waals surface area contributed by atoms with E-state index in [1.54, 1.807) is 25.3 Å². The smallest absolute Gasteiger partial charge is 0.229 e. The molecule has 0 radical (unpaired) electrons. The Hall–Kier alpha value is -3.03. The van der Waals surface area contributed by atoms with Crippen LogP contribution in [0.25, 0.3) is 0 Å². The summed E-state index contributed by atoms with van der Waals surface area (Å²) in [5, 5.41) is 10.7. The summed E-state index contributed by atoms with van der Waals surface area (Å²) in [6.07, 6.45) is 2.18. The van der Waals surface area contributed by atoms with E-state index in [1.165, 1.54) is 0 Å². The van der Waals surface area contributed by atoms with E-state index in [4.69, 9.17) is 4.74 Å². The molecule has 0 aliphatic carbocycles. The molecule has 1 aromatic heterocycles. The fraction of sp³-hybridized carbons (Fsp3) is 0.389. The Morgan fingerprint density at radius 2 is 2.27 bits per heavy atom. The summed E-state index contributed by atoms with van der Waals surface area (Å²) in [5.41, 5.74) is 1.89. The second-order valence-corrected chi connectivity index (χ2v) is 6.12. The molecule has 1 aliphatic rings. The van der Waals surface area contributed by atoms with E-state index in [1.807, 2.05) is 42.1 Å². The van der Waals surface area contributed by atoms with Crippen molar-refractivity contribution >= 4 is 17.6 Å². The summed E-state index contributed by atoms with van der Waals surface area (Å²) < 4.78 is 7.06.